The van der Waals surface area contributed by atoms with Crippen molar-refractivity contribution in [1.82, 2.24) is 4.98 Å². The molecule has 0 aliphatic rings. The number of carboxylic acid groups (broad SMARTS) is 1. The van der Waals surface area contributed by atoms with Crippen LogP contribution >= 0.6 is 0 Å². The summed E-state index contributed by atoms with van der Waals surface area (Å²) in [5.41, 5.74) is 0.910. The number of carbonyl (C=O) groups is 1. The van der Waals surface area contributed by atoms with Gasteiger partial charge in [-0.2, -0.15) is 0 Å². The Kier molecular flexibility index (Phi) is 3.92. The summed E-state index contributed by atoms with van der Waals surface area (Å²) < 4.78 is 4.86. The first kappa shape index (κ1) is 9.67. The maximum Gasteiger partial charge on any atom is 0.329 e. The third kappa shape index (κ3) is 4.22. The smallest absolute Gasteiger partial charge is 0.329 e. The molecule has 0 aromatic carbocycles. The topological polar surface area (TPSA) is 59.4 Å². The zero-order valence-electron chi connectivity index (χ0n) is 7.14. The summed E-state index contributed by atoms with van der Waals surface area (Å²) in [6, 6.07) is 5.60. The first-order chi connectivity index (χ1) is 6.29. The van der Waals surface area contributed by atoms with E-state index in [9.17, 15) is 4.79 Å². The summed E-state index contributed by atoms with van der Waals surface area (Å²) in [6.07, 6.45) is 2.35. The second-order valence-corrected chi connectivity index (χ2v) is 2.52. The number of hydrogen-bond acceptors (Lipinski definition) is 3. The third-order valence-corrected chi connectivity index (χ3v) is 1.45. The first-order valence-electron chi connectivity index (χ1n) is 3.98. The quantitative estimate of drug-likeness (QED) is 0.680. The van der Waals surface area contributed by atoms with Crippen molar-refractivity contribution in [3.05, 3.63) is 30.1 Å². The number of aliphatic carboxylic acids is 1. The minimum atomic E-state index is -0.943. The molecule has 1 aromatic rings. The Morgan fingerprint density at radius 1 is 1.54 bits per heavy atom. The molecule has 1 N–H and O–H groups in total. The fourth-order valence-corrected chi connectivity index (χ4v) is 0.882. The highest BCUT2D eigenvalue weighted by atomic mass is 16.5. The van der Waals surface area contributed by atoms with Gasteiger partial charge in [-0.05, 0) is 12.1 Å². The Morgan fingerprint density at radius 3 is 3.00 bits per heavy atom. The maximum atomic E-state index is 10.1. The van der Waals surface area contributed by atoms with Crippen molar-refractivity contribution in [1.29, 1.82) is 0 Å². The van der Waals surface area contributed by atoms with Crippen LogP contribution in [0.5, 0.6) is 0 Å². The molecule has 0 aliphatic heterocycles. The Morgan fingerprint density at radius 2 is 2.38 bits per heavy atom. The van der Waals surface area contributed by atoms with Crippen LogP contribution < -0.4 is 0 Å². The minimum absolute atomic E-state index is 0.243. The zero-order valence-corrected chi connectivity index (χ0v) is 7.14. The number of hydrogen-bond donors (Lipinski definition) is 1. The largest absolute Gasteiger partial charge is 0.480 e. The van der Waals surface area contributed by atoms with E-state index in [0.29, 0.717) is 13.0 Å². The lowest BCUT2D eigenvalue weighted by Crippen LogP contribution is -2.09. The second-order valence-electron chi connectivity index (χ2n) is 2.52. The van der Waals surface area contributed by atoms with Gasteiger partial charge in [0, 0.05) is 18.3 Å². The lowest BCUT2D eigenvalue weighted by atomic mass is 10.3. The molecule has 0 amide bonds. The predicted octanol–water partition coefficient (Wildman–Crippen LogP) is 0.725. The van der Waals surface area contributed by atoms with Crippen molar-refractivity contribution in [2.75, 3.05) is 13.2 Å². The molecule has 0 saturated heterocycles. The van der Waals surface area contributed by atoms with Crippen LogP contribution in [0.1, 0.15) is 5.69 Å². The molecule has 1 heterocycles. The van der Waals surface area contributed by atoms with Crippen molar-refractivity contribution in [3.8, 4) is 0 Å². The van der Waals surface area contributed by atoms with Crippen molar-refractivity contribution in [2.45, 2.75) is 6.42 Å². The molecule has 0 spiro atoms. The molecular formula is C9H11NO3. The number of rotatable bonds is 5. The van der Waals surface area contributed by atoms with Gasteiger partial charge < -0.3 is 9.84 Å². The first-order valence-corrected chi connectivity index (χ1v) is 3.98. The molecule has 70 valence electrons. The number of pyridine rings is 1. The third-order valence-electron chi connectivity index (χ3n) is 1.45. The van der Waals surface area contributed by atoms with Crippen molar-refractivity contribution in [3.63, 3.8) is 0 Å². The highest BCUT2D eigenvalue weighted by Gasteiger charge is 1.97. The Labute approximate surface area is 76.2 Å². The molecule has 0 saturated carbocycles. The van der Waals surface area contributed by atoms with Crippen LogP contribution in [0.2, 0.25) is 0 Å². The highest BCUT2D eigenvalue weighted by Crippen LogP contribution is 1.94. The number of ether oxygens (including phenoxy) is 1. The molecule has 0 atom stereocenters. The van der Waals surface area contributed by atoms with Gasteiger partial charge in [-0.15, -0.1) is 0 Å². The van der Waals surface area contributed by atoms with Gasteiger partial charge in [-0.3, -0.25) is 4.98 Å². The fraction of sp³-hybridized carbons (Fsp3) is 0.333. The summed E-state index contributed by atoms with van der Waals surface area (Å²) in [6.45, 7) is 0.149. The molecule has 0 unspecified atom stereocenters. The molecule has 0 fully saturated rings. The van der Waals surface area contributed by atoms with Crippen LogP contribution in [-0.4, -0.2) is 29.3 Å². The molecule has 4 heteroatoms. The Hall–Kier alpha value is -1.42. The highest BCUT2D eigenvalue weighted by molar-refractivity contribution is 5.67. The lowest BCUT2D eigenvalue weighted by molar-refractivity contribution is -0.142. The molecule has 13 heavy (non-hydrogen) atoms. The van der Waals surface area contributed by atoms with E-state index >= 15 is 0 Å². The molecule has 0 bridgehead atoms. The average molecular weight is 181 g/mol. The molecule has 1 rings (SSSR count). The lowest BCUT2D eigenvalue weighted by Gasteiger charge is -1.99. The maximum absolute atomic E-state index is 10.1. The van der Waals surface area contributed by atoms with Crippen LogP contribution in [0, 0.1) is 0 Å². The van der Waals surface area contributed by atoms with E-state index in [1.165, 1.54) is 0 Å². The van der Waals surface area contributed by atoms with Crippen LogP contribution in [0.15, 0.2) is 24.4 Å². The molecule has 4 nitrogen and oxygen atoms in total. The number of carboxylic acids is 1. The van der Waals surface area contributed by atoms with E-state index in [4.69, 9.17) is 9.84 Å². The molecular weight excluding hydrogens is 170 g/mol. The monoisotopic (exact) mass is 181 g/mol. The van der Waals surface area contributed by atoms with Crippen molar-refractivity contribution < 1.29 is 14.6 Å². The van der Waals surface area contributed by atoms with E-state index in [-0.39, 0.29) is 6.61 Å². The number of aromatic nitrogens is 1. The normalized spacial score (nSPS) is 9.85. The van der Waals surface area contributed by atoms with Crippen LogP contribution in [0.25, 0.3) is 0 Å². The Balaban J connectivity index is 2.17. The fourth-order valence-electron chi connectivity index (χ4n) is 0.882. The van der Waals surface area contributed by atoms with E-state index in [1.807, 2.05) is 18.2 Å². The van der Waals surface area contributed by atoms with Crippen LogP contribution in [0.4, 0.5) is 0 Å². The minimum Gasteiger partial charge on any atom is -0.480 e. The Bertz CT molecular complexity index is 261. The van der Waals surface area contributed by atoms with Crippen LogP contribution in [-0.2, 0) is 16.0 Å². The summed E-state index contributed by atoms with van der Waals surface area (Å²) in [7, 11) is 0. The molecule has 0 aliphatic carbocycles. The van der Waals surface area contributed by atoms with Gasteiger partial charge in [0.2, 0.25) is 0 Å². The van der Waals surface area contributed by atoms with Crippen LogP contribution in [0.3, 0.4) is 0 Å². The molecule has 0 radical (unpaired) electrons. The van der Waals surface area contributed by atoms with Crippen molar-refractivity contribution in [2.24, 2.45) is 0 Å². The van der Waals surface area contributed by atoms with Crippen molar-refractivity contribution >= 4 is 5.97 Å². The number of nitrogens with zero attached hydrogens (tertiary/aromatic N) is 1. The summed E-state index contributed by atoms with van der Waals surface area (Å²) >= 11 is 0. The molecule has 1 aromatic heterocycles. The van der Waals surface area contributed by atoms with Gasteiger partial charge in [0.15, 0.2) is 0 Å². The summed E-state index contributed by atoms with van der Waals surface area (Å²) in [4.78, 5) is 14.1. The van der Waals surface area contributed by atoms with Gasteiger partial charge >= 0.3 is 5.97 Å². The van der Waals surface area contributed by atoms with Gasteiger partial charge in [-0.1, -0.05) is 6.07 Å². The predicted molar refractivity (Wildman–Crippen MR) is 46.4 cm³/mol. The SMILES string of the molecule is O=C(O)COCCc1ccccn1. The van der Waals surface area contributed by atoms with E-state index in [2.05, 4.69) is 4.98 Å². The van der Waals surface area contributed by atoms with Gasteiger partial charge in [0.25, 0.3) is 0 Å². The van der Waals surface area contributed by atoms with E-state index in [0.717, 1.165) is 5.69 Å². The van der Waals surface area contributed by atoms with Gasteiger partial charge in [0.1, 0.15) is 6.61 Å². The van der Waals surface area contributed by atoms with Gasteiger partial charge in [0.05, 0.1) is 6.61 Å². The summed E-state index contributed by atoms with van der Waals surface area (Å²) in [5.74, 6) is -0.943. The summed E-state index contributed by atoms with van der Waals surface area (Å²) in [5, 5.41) is 8.27. The van der Waals surface area contributed by atoms with E-state index in [1.54, 1.807) is 6.20 Å². The van der Waals surface area contributed by atoms with Gasteiger partial charge in [-0.25, -0.2) is 4.79 Å². The van der Waals surface area contributed by atoms with E-state index < -0.39 is 5.97 Å². The average Bonchev–Trinajstić information content (AvgIpc) is 2.14. The second kappa shape index (κ2) is 5.27. The standard InChI is InChI=1S/C9H11NO3/c11-9(12)7-13-6-4-8-3-1-2-5-10-8/h1-3,5H,4,6-7H2,(H,11,12). The zero-order chi connectivity index (χ0) is 9.52.